The monoisotopic (exact) mass is 277 g/mol. The highest BCUT2D eigenvalue weighted by molar-refractivity contribution is 7.09. The molecule has 0 aliphatic heterocycles. The first-order chi connectivity index (χ1) is 8.88. The lowest BCUT2D eigenvalue weighted by Crippen LogP contribution is -2.18. The van der Waals surface area contributed by atoms with Gasteiger partial charge in [0.2, 0.25) is 0 Å². The molecule has 2 heterocycles. The first kappa shape index (κ1) is 13.9. The summed E-state index contributed by atoms with van der Waals surface area (Å²) in [6.07, 6.45) is 0.636. The molecule has 2 rings (SSSR count). The summed E-state index contributed by atoms with van der Waals surface area (Å²) in [5, 5.41) is 3.05. The Kier molecular flexibility index (Phi) is 3.82. The Morgan fingerprint density at radius 1 is 1.26 bits per heavy atom. The molecule has 0 atom stereocenters. The van der Waals surface area contributed by atoms with E-state index < -0.39 is 0 Å². The van der Waals surface area contributed by atoms with Gasteiger partial charge in [-0.3, -0.25) is 0 Å². The molecule has 2 aromatic heterocycles. The molecule has 0 saturated carbocycles. The molecule has 0 aliphatic rings. The molecule has 0 aliphatic carbocycles. The van der Waals surface area contributed by atoms with E-state index in [4.69, 9.17) is 5.84 Å². The van der Waals surface area contributed by atoms with Crippen molar-refractivity contribution < 1.29 is 0 Å². The van der Waals surface area contributed by atoms with Crippen LogP contribution >= 0.6 is 11.3 Å². The zero-order chi connectivity index (χ0) is 14.0. The molecule has 0 unspecified atom stereocenters. The van der Waals surface area contributed by atoms with E-state index in [1.54, 1.807) is 11.3 Å². The van der Waals surface area contributed by atoms with Crippen LogP contribution in [0.1, 0.15) is 43.0 Å². The van der Waals surface area contributed by atoms with E-state index in [1.165, 1.54) is 0 Å². The van der Waals surface area contributed by atoms with Gasteiger partial charge in [-0.15, -0.1) is 11.3 Å². The van der Waals surface area contributed by atoms with Crippen LogP contribution in [0, 0.1) is 6.92 Å². The van der Waals surface area contributed by atoms with E-state index in [1.807, 2.05) is 18.4 Å². The zero-order valence-corrected chi connectivity index (χ0v) is 12.5. The SMILES string of the molecule is Cc1csc(Cc2nc(NN)cc(C(C)(C)C)n2)n1. The fourth-order valence-electron chi connectivity index (χ4n) is 1.65. The molecule has 0 bridgehead atoms. The molecule has 102 valence electrons. The van der Waals surface area contributed by atoms with Crippen molar-refractivity contribution in [1.82, 2.24) is 15.0 Å². The third-order valence-corrected chi connectivity index (χ3v) is 3.63. The Morgan fingerprint density at radius 2 is 2.00 bits per heavy atom. The number of anilines is 1. The van der Waals surface area contributed by atoms with E-state index in [2.05, 4.69) is 41.1 Å². The van der Waals surface area contributed by atoms with Gasteiger partial charge in [0.15, 0.2) is 0 Å². The van der Waals surface area contributed by atoms with Crippen LogP contribution in [-0.4, -0.2) is 15.0 Å². The summed E-state index contributed by atoms with van der Waals surface area (Å²) in [7, 11) is 0. The van der Waals surface area contributed by atoms with Crippen molar-refractivity contribution >= 4 is 17.2 Å². The Hall–Kier alpha value is -1.53. The normalized spacial score (nSPS) is 11.6. The van der Waals surface area contributed by atoms with E-state index in [9.17, 15) is 0 Å². The minimum absolute atomic E-state index is 0.0396. The fraction of sp³-hybridized carbons (Fsp3) is 0.462. The number of hydrogen-bond donors (Lipinski definition) is 2. The second kappa shape index (κ2) is 5.22. The van der Waals surface area contributed by atoms with E-state index in [0.717, 1.165) is 22.2 Å². The average molecular weight is 277 g/mol. The first-order valence-electron chi connectivity index (χ1n) is 6.14. The van der Waals surface area contributed by atoms with Gasteiger partial charge in [-0.05, 0) is 6.92 Å². The molecular formula is C13H19N5S. The van der Waals surface area contributed by atoms with Crippen molar-refractivity contribution in [3.05, 3.63) is 33.7 Å². The Morgan fingerprint density at radius 3 is 2.53 bits per heavy atom. The maximum atomic E-state index is 5.48. The predicted octanol–water partition coefficient (Wildman–Crippen LogP) is 2.42. The number of rotatable bonds is 3. The summed E-state index contributed by atoms with van der Waals surface area (Å²) in [4.78, 5) is 13.4. The quantitative estimate of drug-likeness (QED) is 0.665. The van der Waals surface area contributed by atoms with Crippen LogP contribution in [0.15, 0.2) is 11.4 Å². The zero-order valence-electron chi connectivity index (χ0n) is 11.7. The first-order valence-corrected chi connectivity index (χ1v) is 7.02. The topological polar surface area (TPSA) is 76.7 Å². The molecule has 0 amide bonds. The average Bonchev–Trinajstić information content (AvgIpc) is 2.73. The Bertz CT molecular complexity index is 571. The second-order valence-electron chi connectivity index (χ2n) is 5.51. The van der Waals surface area contributed by atoms with Crippen molar-refractivity contribution in [3.8, 4) is 0 Å². The number of hydrazine groups is 1. The van der Waals surface area contributed by atoms with Gasteiger partial charge in [-0.25, -0.2) is 20.8 Å². The minimum Gasteiger partial charge on any atom is -0.308 e. The number of thiazole rings is 1. The van der Waals surface area contributed by atoms with Gasteiger partial charge in [-0.1, -0.05) is 20.8 Å². The van der Waals surface area contributed by atoms with E-state index >= 15 is 0 Å². The molecule has 2 aromatic rings. The largest absolute Gasteiger partial charge is 0.308 e. The van der Waals surface area contributed by atoms with Crippen LogP contribution in [0.3, 0.4) is 0 Å². The lowest BCUT2D eigenvalue weighted by Gasteiger charge is -2.19. The molecule has 19 heavy (non-hydrogen) atoms. The molecular weight excluding hydrogens is 258 g/mol. The molecule has 0 aromatic carbocycles. The molecule has 0 fully saturated rings. The third kappa shape index (κ3) is 3.48. The highest BCUT2D eigenvalue weighted by Gasteiger charge is 2.18. The van der Waals surface area contributed by atoms with Crippen LogP contribution in [0.25, 0.3) is 0 Å². The summed E-state index contributed by atoms with van der Waals surface area (Å²) in [5.74, 6) is 6.86. The van der Waals surface area contributed by atoms with Crippen LogP contribution in [0.2, 0.25) is 0 Å². The number of aryl methyl sites for hydroxylation is 1. The number of nitrogens with two attached hydrogens (primary N) is 1. The maximum absolute atomic E-state index is 5.48. The van der Waals surface area contributed by atoms with Gasteiger partial charge in [0.05, 0.1) is 12.1 Å². The highest BCUT2D eigenvalue weighted by atomic mass is 32.1. The molecule has 3 N–H and O–H groups in total. The van der Waals surface area contributed by atoms with E-state index in [-0.39, 0.29) is 5.41 Å². The summed E-state index contributed by atoms with van der Waals surface area (Å²) in [5.41, 5.74) is 4.57. The van der Waals surface area contributed by atoms with Gasteiger partial charge in [0.1, 0.15) is 16.6 Å². The number of nitrogen functional groups attached to an aromatic ring is 1. The van der Waals surface area contributed by atoms with Crippen molar-refractivity contribution in [2.24, 2.45) is 5.84 Å². The maximum Gasteiger partial charge on any atom is 0.143 e. The summed E-state index contributed by atoms with van der Waals surface area (Å²) < 4.78 is 0. The standard InChI is InChI=1S/C13H19N5S/c1-8-7-19-12(15-8)6-10-16-9(13(2,3)4)5-11(17-10)18-14/h5,7H,6,14H2,1-4H3,(H,16,17,18). The summed E-state index contributed by atoms with van der Waals surface area (Å²) in [6, 6.07) is 1.89. The molecule has 6 heteroatoms. The summed E-state index contributed by atoms with van der Waals surface area (Å²) in [6.45, 7) is 8.34. The van der Waals surface area contributed by atoms with E-state index in [0.29, 0.717) is 12.2 Å². The van der Waals surface area contributed by atoms with Crippen molar-refractivity contribution in [2.45, 2.75) is 39.5 Å². The van der Waals surface area contributed by atoms with Gasteiger partial charge in [0.25, 0.3) is 0 Å². The fourth-order valence-corrected chi connectivity index (χ4v) is 2.42. The van der Waals surface area contributed by atoms with Crippen molar-refractivity contribution in [1.29, 1.82) is 0 Å². The van der Waals surface area contributed by atoms with Crippen molar-refractivity contribution in [2.75, 3.05) is 5.43 Å². The lowest BCUT2D eigenvalue weighted by molar-refractivity contribution is 0.563. The van der Waals surface area contributed by atoms with Crippen LogP contribution in [0.4, 0.5) is 5.82 Å². The minimum atomic E-state index is -0.0396. The number of hydrogen-bond acceptors (Lipinski definition) is 6. The number of aromatic nitrogens is 3. The predicted molar refractivity (Wildman–Crippen MR) is 78.2 cm³/mol. The van der Waals surface area contributed by atoms with Crippen LogP contribution in [-0.2, 0) is 11.8 Å². The van der Waals surface area contributed by atoms with Gasteiger partial charge in [-0.2, -0.15) is 0 Å². The highest BCUT2D eigenvalue weighted by Crippen LogP contribution is 2.23. The summed E-state index contributed by atoms with van der Waals surface area (Å²) >= 11 is 1.63. The number of nitrogens with zero attached hydrogens (tertiary/aromatic N) is 3. The number of nitrogens with one attached hydrogen (secondary N) is 1. The third-order valence-electron chi connectivity index (χ3n) is 2.66. The van der Waals surface area contributed by atoms with Crippen molar-refractivity contribution in [3.63, 3.8) is 0 Å². The Balaban J connectivity index is 2.34. The Labute approximate surface area is 117 Å². The second-order valence-corrected chi connectivity index (χ2v) is 6.45. The van der Waals surface area contributed by atoms with Gasteiger partial charge < -0.3 is 5.43 Å². The smallest absolute Gasteiger partial charge is 0.143 e. The van der Waals surface area contributed by atoms with Crippen LogP contribution in [0.5, 0.6) is 0 Å². The van der Waals surface area contributed by atoms with Crippen LogP contribution < -0.4 is 11.3 Å². The lowest BCUT2D eigenvalue weighted by atomic mass is 9.92. The molecule has 0 radical (unpaired) electrons. The van der Waals surface area contributed by atoms with Gasteiger partial charge >= 0.3 is 0 Å². The molecule has 5 nitrogen and oxygen atoms in total. The molecule has 0 spiro atoms. The van der Waals surface area contributed by atoms with Gasteiger partial charge in [0, 0.05) is 22.6 Å². The molecule has 0 saturated heterocycles.